The number of carbonyl (C=O) groups excluding carboxylic acids is 1. The molecule has 0 fully saturated rings. The average Bonchev–Trinajstić information content (AvgIpc) is 2.23. The second-order valence-corrected chi connectivity index (χ2v) is 4.51. The van der Waals surface area contributed by atoms with Crippen LogP contribution in [0.3, 0.4) is 0 Å². The van der Waals surface area contributed by atoms with Crippen LogP contribution in [-0.4, -0.2) is 11.7 Å². The molecule has 1 aromatic carbocycles. The van der Waals surface area contributed by atoms with Crippen molar-refractivity contribution in [1.29, 1.82) is 0 Å². The minimum absolute atomic E-state index is 0.357. The van der Waals surface area contributed by atoms with E-state index in [4.69, 9.17) is 11.6 Å². The highest BCUT2D eigenvalue weighted by Gasteiger charge is 2.26. The van der Waals surface area contributed by atoms with Crippen LogP contribution in [0.1, 0.15) is 36.3 Å². The minimum Gasteiger partial charge on any atom is -0.300 e. The molecule has 15 heavy (non-hydrogen) atoms. The van der Waals surface area contributed by atoms with E-state index >= 15 is 0 Å². The summed E-state index contributed by atoms with van der Waals surface area (Å²) < 4.78 is 0. The summed E-state index contributed by atoms with van der Waals surface area (Å²) in [5, 5.41) is 0. The lowest BCUT2D eigenvalue weighted by Gasteiger charge is -2.29. The van der Waals surface area contributed by atoms with Crippen molar-refractivity contribution >= 4 is 17.4 Å². The standard InChI is InChI=1S/C13H15ClO/c14-7-3-5-12(15)9-11-8-10-4-1-2-6-13(10)11/h1-2,4,6,11H,3,5,7-9H2. The fraction of sp³-hybridized carbons (Fsp3) is 0.462. The van der Waals surface area contributed by atoms with Crippen LogP contribution in [0.5, 0.6) is 0 Å². The Hall–Kier alpha value is -0.820. The van der Waals surface area contributed by atoms with Crippen molar-refractivity contribution in [3.8, 4) is 0 Å². The topological polar surface area (TPSA) is 17.1 Å². The third-order valence-electron chi connectivity index (χ3n) is 3.02. The first kappa shape index (κ1) is 10.7. The van der Waals surface area contributed by atoms with E-state index < -0.39 is 0 Å². The molecule has 1 unspecified atom stereocenters. The van der Waals surface area contributed by atoms with Gasteiger partial charge in [-0.2, -0.15) is 0 Å². The van der Waals surface area contributed by atoms with Gasteiger partial charge in [-0.15, -0.1) is 11.6 Å². The lowest BCUT2D eigenvalue weighted by Crippen LogP contribution is -2.20. The van der Waals surface area contributed by atoms with Gasteiger partial charge in [-0.1, -0.05) is 24.3 Å². The van der Waals surface area contributed by atoms with Gasteiger partial charge >= 0.3 is 0 Å². The minimum atomic E-state index is 0.357. The summed E-state index contributed by atoms with van der Waals surface area (Å²) in [4.78, 5) is 11.6. The van der Waals surface area contributed by atoms with Gasteiger partial charge in [0, 0.05) is 18.7 Å². The molecule has 0 saturated carbocycles. The fourth-order valence-corrected chi connectivity index (χ4v) is 2.32. The summed E-state index contributed by atoms with van der Waals surface area (Å²) in [6.45, 7) is 0. The molecule has 0 spiro atoms. The number of fused-ring (bicyclic) bond motifs is 1. The molecule has 0 aliphatic heterocycles. The van der Waals surface area contributed by atoms with Crippen molar-refractivity contribution in [2.24, 2.45) is 0 Å². The Kier molecular flexibility index (Phi) is 3.42. The van der Waals surface area contributed by atoms with E-state index in [0.29, 0.717) is 30.4 Å². The Bertz CT molecular complexity index is 359. The van der Waals surface area contributed by atoms with E-state index in [1.54, 1.807) is 0 Å². The van der Waals surface area contributed by atoms with E-state index in [1.165, 1.54) is 11.1 Å². The fourth-order valence-electron chi connectivity index (χ4n) is 2.19. The number of Topliss-reactive ketones (excluding diaryl/α,β-unsaturated/α-hetero) is 1. The number of hydrogen-bond acceptors (Lipinski definition) is 1. The van der Waals surface area contributed by atoms with Crippen molar-refractivity contribution in [2.45, 2.75) is 31.6 Å². The molecule has 2 rings (SSSR count). The molecule has 1 aliphatic carbocycles. The molecule has 0 bridgehead atoms. The Morgan fingerprint density at radius 1 is 1.40 bits per heavy atom. The first-order valence-corrected chi connectivity index (χ1v) is 6.00. The highest BCUT2D eigenvalue weighted by atomic mass is 35.5. The molecule has 2 heteroatoms. The van der Waals surface area contributed by atoms with E-state index in [0.717, 1.165) is 12.8 Å². The zero-order valence-electron chi connectivity index (χ0n) is 8.71. The summed E-state index contributed by atoms with van der Waals surface area (Å²) >= 11 is 5.56. The molecule has 0 saturated heterocycles. The monoisotopic (exact) mass is 222 g/mol. The number of ketones is 1. The molecule has 1 atom stereocenters. The molecular formula is C13H15ClO. The lowest BCUT2D eigenvalue weighted by molar-refractivity contribution is -0.119. The molecule has 1 aliphatic rings. The molecule has 0 amide bonds. The molecule has 0 radical (unpaired) electrons. The number of carbonyl (C=O) groups is 1. The van der Waals surface area contributed by atoms with Crippen LogP contribution in [0.4, 0.5) is 0 Å². The highest BCUT2D eigenvalue weighted by molar-refractivity contribution is 6.17. The molecular weight excluding hydrogens is 208 g/mol. The van der Waals surface area contributed by atoms with Gasteiger partial charge in [0.25, 0.3) is 0 Å². The first-order valence-electron chi connectivity index (χ1n) is 5.46. The second-order valence-electron chi connectivity index (χ2n) is 4.14. The smallest absolute Gasteiger partial charge is 0.133 e. The molecule has 80 valence electrons. The summed E-state index contributed by atoms with van der Waals surface area (Å²) in [6, 6.07) is 8.39. The predicted molar refractivity (Wildman–Crippen MR) is 62.5 cm³/mol. The summed E-state index contributed by atoms with van der Waals surface area (Å²) in [5.41, 5.74) is 2.78. The summed E-state index contributed by atoms with van der Waals surface area (Å²) in [5.74, 6) is 1.42. The van der Waals surface area contributed by atoms with Crippen LogP contribution >= 0.6 is 11.6 Å². The number of hydrogen-bond donors (Lipinski definition) is 0. The van der Waals surface area contributed by atoms with Crippen LogP contribution in [0.25, 0.3) is 0 Å². The number of halogens is 1. The maximum Gasteiger partial charge on any atom is 0.133 e. The lowest BCUT2D eigenvalue weighted by atomic mass is 9.75. The van der Waals surface area contributed by atoms with Crippen LogP contribution in [0, 0.1) is 0 Å². The van der Waals surface area contributed by atoms with Gasteiger partial charge in [0.2, 0.25) is 0 Å². The van der Waals surface area contributed by atoms with Gasteiger partial charge in [-0.3, -0.25) is 4.79 Å². The van der Waals surface area contributed by atoms with Crippen LogP contribution in [0.2, 0.25) is 0 Å². The maximum atomic E-state index is 11.6. The summed E-state index contributed by atoms with van der Waals surface area (Å²) in [7, 11) is 0. The quantitative estimate of drug-likeness (QED) is 0.699. The molecule has 0 N–H and O–H groups in total. The van der Waals surface area contributed by atoms with Crippen LogP contribution in [-0.2, 0) is 11.2 Å². The van der Waals surface area contributed by atoms with Crippen molar-refractivity contribution < 1.29 is 4.79 Å². The van der Waals surface area contributed by atoms with Crippen molar-refractivity contribution in [3.05, 3.63) is 35.4 Å². The SMILES string of the molecule is O=C(CCCCl)CC1Cc2ccccc21. The Balaban J connectivity index is 1.87. The highest BCUT2D eigenvalue weighted by Crippen LogP contribution is 2.37. The summed E-state index contributed by atoms with van der Waals surface area (Å²) in [6.07, 6.45) is 3.23. The molecule has 1 aromatic rings. The average molecular weight is 223 g/mol. The van der Waals surface area contributed by atoms with Crippen molar-refractivity contribution in [1.82, 2.24) is 0 Å². The van der Waals surface area contributed by atoms with Crippen molar-refractivity contribution in [3.63, 3.8) is 0 Å². The van der Waals surface area contributed by atoms with E-state index in [-0.39, 0.29) is 0 Å². The zero-order chi connectivity index (χ0) is 10.7. The van der Waals surface area contributed by atoms with Gasteiger partial charge in [-0.25, -0.2) is 0 Å². The molecule has 1 nitrogen and oxygen atoms in total. The van der Waals surface area contributed by atoms with Gasteiger partial charge in [0.15, 0.2) is 0 Å². The normalized spacial score (nSPS) is 18.1. The predicted octanol–water partition coefficient (Wildman–Crippen LogP) is 3.30. The Morgan fingerprint density at radius 3 is 2.93 bits per heavy atom. The Labute approximate surface area is 95.4 Å². The second kappa shape index (κ2) is 4.80. The van der Waals surface area contributed by atoms with Crippen molar-refractivity contribution in [2.75, 3.05) is 5.88 Å². The molecule has 0 heterocycles. The maximum absolute atomic E-state index is 11.6. The van der Waals surface area contributed by atoms with E-state index in [9.17, 15) is 4.79 Å². The third kappa shape index (κ3) is 2.40. The van der Waals surface area contributed by atoms with Crippen LogP contribution < -0.4 is 0 Å². The van der Waals surface area contributed by atoms with Crippen LogP contribution in [0.15, 0.2) is 24.3 Å². The van der Waals surface area contributed by atoms with E-state index in [1.807, 2.05) is 6.07 Å². The first-order chi connectivity index (χ1) is 7.31. The van der Waals surface area contributed by atoms with E-state index in [2.05, 4.69) is 18.2 Å². The van der Waals surface area contributed by atoms with Gasteiger partial charge in [0.1, 0.15) is 5.78 Å². The third-order valence-corrected chi connectivity index (χ3v) is 3.29. The van der Waals surface area contributed by atoms with Gasteiger partial charge in [-0.05, 0) is 29.9 Å². The Morgan fingerprint density at radius 2 is 2.20 bits per heavy atom. The van der Waals surface area contributed by atoms with Gasteiger partial charge in [0.05, 0.1) is 0 Å². The largest absolute Gasteiger partial charge is 0.300 e. The zero-order valence-corrected chi connectivity index (χ0v) is 9.46. The number of alkyl halides is 1. The number of benzene rings is 1. The van der Waals surface area contributed by atoms with Gasteiger partial charge < -0.3 is 0 Å². The number of rotatable bonds is 5. The molecule has 0 aromatic heterocycles.